The van der Waals surface area contributed by atoms with Crippen LogP contribution in [0.5, 0.6) is 0 Å². The van der Waals surface area contributed by atoms with Gasteiger partial charge in [0, 0.05) is 17.0 Å². The van der Waals surface area contributed by atoms with Crippen LogP contribution >= 0.6 is 22.9 Å². The molecular weight excluding hydrogens is 252 g/mol. The van der Waals surface area contributed by atoms with E-state index in [2.05, 4.69) is 24.9 Å². The molecule has 2 N–H and O–H groups in total. The van der Waals surface area contributed by atoms with E-state index in [0.717, 1.165) is 4.34 Å². The molecule has 2 rings (SSSR count). The number of hydrogen-bond donors (Lipinski definition) is 1. The predicted molar refractivity (Wildman–Crippen MR) is 75.7 cm³/mol. The van der Waals surface area contributed by atoms with Crippen LogP contribution in [0.3, 0.4) is 0 Å². The Labute approximate surface area is 113 Å². The molecule has 2 atom stereocenters. The number of likely N-dealkylation sites (N-methyl/N-ethyl adjacent to an activating group) is 1. The number of thiophene rings is 1. The molecule has 0 spiro atoms. The van der Waals surface area contributed by atoms with Crippen molar-refractivity contribution in [1.29, 1.82) is 0 Å². The molecule has 0 amide bonds. The van der Waals surface area contributed by atoms with Gasteiger partial charge in [-0.3, -0.25) is 4.90 Å². The fraction of sp³-hybridized carbons (Fsp3) is 0.692. The van der Waals surface area contributed by atoms with Gasteiger partial charge in [0.05, 0.1) is 10.4 Å². The molecule has 1 aliphatic carbocycles. The molecule has 0 aromatic carbocycles. The first kappa shape index (κ1) is 13.3. The molecule has 0 aliphatic heterocycles. The molecule has 0 radical (unpaired) electrons. The van der Waals surface area contributed by atoms with Crippen LogP contribution in [-0.2, 0) is 0 Å². The summed E-state index contributed by atoms with van der Waals surface area (Å²) in [4.78, 5) is 3.75. The molecule has 1 aromatic heterocycles. The van der Waals surface area contributed by atoms with Crippen LogP contribution in [-0.4, -0.2) is 24.0 Å². The van der Waals surface area contributed by atoms with E-state index in [9.17, 15) is 0 Å². The first-order valence-electron chi connectivity index (χ1n) is 6.32. The van der Waals surface area contributed by atoms with Crippen LogP contribution in [0.4, 0.5) is 0 Å². The molecule has 96 valence electrons. The SMILES string of the molecule is CC(N)C(c1ccc(Cl)s1)N(C)C1CCCC1. The zero-order chi connectivity index (χ0) is 12.4. The Hall–Kier alpha value is -0.0900. The maximum absolute atomic E-state index is 6.17. The first-order valence-corrected chi connectivity index (χ1v) is 7.52. The van der Waals surface area contributed by atoms with Gasteiger partial charge in [-0.25, -0.2) is 0 Å². The molecule has 2 unspecified atom stereocenters. The summed E-state index contributed by atoms with van der Waals surface area (Å²) in [6.45, 7) is 2.09. The highest BCUT2D eigenvalue weighted by atomic mass is 35.5. The normalized spacial score (nSPS) is 21.0. The van der Waals surface area contributed by atoms with Crippen LogP contribution in [0.2, 0.25) is 4.34 Å². The van der Waals surface area contributed by atoms with Gasteiger partial charge in [-0.15, -0.1) is 11.3 Å². The van der Waals surface area contributed by atoms with Crippen molar-refractivity contribution in [3.63, 3.8) is 0 Å². The van der Waals surface area contributed by atoms with E-state index in [1.165, 1.54) is 30.6 Å². The second-order valence-corrected chi connectivity index (χ2v) is 6.80. The lowest BCUT2D eigenvalue weighted by atomic mass is 10.0. The standard InChI is InChI=1S/C13H21ClN2S/c1-9(15)13(11-7-8-12(14)17-11)16(2)10-5-3-4-6-10/h7-10,13H,3-6,15H2,1-2H3. The quantitative estimate of drug-likeness (QED) is 0.906. The number of hydrogen-bond acceptors (Lipinski definition) is 3. The summed E-state index contributed by atoms with van der Waals surface area (Å²) in [5, 5.41) is 0. The summed E-state index contributed by atoms with van der Waals surface area (Å²) in [5.41, 5.74) is 6.17. The van der Waals surface area contributed by atoms with Crippen molar-refractivity contribution in [2.45, 2.75) is 50.7 Å². The third-order valence-electron chi connectivity index (χ3n) is 3.72. The fourth-order valence-corrected chi connectivity index (χ4v) is 4.19. The summed E-state index contributed by atoms with van der Waals surface area (Å²) in [5.74, 6) is 0. The number of rotatable bonds is 4. The van der Waals surface area contributed by atoms with Crippen molar-refractivity contribution >= 4 is 22.9 Å². The Morgan fingerprint density at radius 3 is 2.53 bits per heavy atom. The highest BCUT2D eigenvalue weighted by molar-refractivity contribution is 7.16. The van der Waals surface area contributed by atoms with Crippen LogP contribution in [0, 0.1) is 0 Å². The van der Waals surface area contributed by atoms with Crippen LogP contribution in [0.25, 0.3) is 0 Å². The lowest BCUT2D eigenvalue weighted by Gasteiger charge is -2.34. The van der Waals surface area contributed by atoms with Crippen LogP contribution in [0.15, 0.2) is 12.1 Å². The maximum atomic E-state index is 6.17. The molecule has 17 heavy (non-hydrogen) atoms. The van der Waals surface area contributed by atoms with Gasteiger partial charge in [-0.2, -0.15) is 0 Å². The number of halogens is 1. The van der Waals surface area contributed by atoms with Crippen molar-refractivity contribution in [2.75, 3.05) is 7.05 Å². The summed E-state index contributed by atoms with van der Waals surface area (Å²) < 4.78 is 0.852. The maximum Gasteiger partial charge on any atom is 0.0931 e. The molecule has 2 nitrogen and oxygen atoms in total. The van der Waals surface area contributed by atoms with Crippen molar-refractivity contribution in [2.24, 2.45) is 5.73 Å². The average Bonchev–Trinajstić information content (AvgIpc) is 2.88. The van der Waals surface area contributed by atoms with Gasteiger partial charge in [-0.05, 0) is 38.9 Å². The Balaban J connectivity index is 2.16. The van der Waals surface area contributed by atoms with Gasteiger partial charge in [0.15, 0.2) is 0 Å². The summed E-state index contributed by atoms with van der Waals surface area (Å²) in [6, 6.07) is 5.21. The number of nitrogens with zero attached hydrogens (tertiary/aromatic N) is 1. The second-order valence-electron chi connectivity index (χ2n) is 5.05. The van der Waals surface area contributed by atoms with E-state index >= 15 is 0 Å². The fourth-order valence-electron chi connectivity index (χ4n) is 2.86. The van der Waals surface area contributed by atoms with E-state index in [1.807, 2.05) is 6.07 Å². The average molecular weight is 273 g/mol. The van der Waals surface area contributed by atoms with Crippen molar-refractivity contribution < 1.29 is 0 Å². The molecule has 1 aromatic rings. The topological polar surface area (TPSA) is 29.3 Å². The van der Waals surface area contributed by atoms with Crippen molar-refractivity contribution in [3.05, 3.63) is 21.3 Å². The molecule has 1 fully saturated rings. The van der Waals surface area contributed by atoms with Gasteiger partial charge >= 0.3 is 0 Å². The van der Waals surface area contributed by atoms with Crippen LogP contribution < -0.4 is 5.73 Å². The van der Waals surface area contributed by atoms with Gasteiger partial charge < -0.3 is 5.73 Å². The third-order valence-corrected chi connectivity index (χ3v) is 5.02. The molecule has 1 heterocycles. The lowest BCUT2D eigenvalue weighted by molar-refractivity contribution is 0.159. The monoisotopic (exact) mass is 272 g/mol. The summed E-state index contributed by atoms with van der Waals surface area (Å²) in [6.07, 6.45) is 5.31. The van der Waals surface area contributed by atoms with E-state index < -0.39 is 0 Å². The smallest absolute Gasteiger partial charge is 0.0931 e. The van der Waals surface area contributed by atoms with Crippen molar-refractivity contribution in [1.82, 2.24) is 4.90 Å². The minimum atomic E-state index is 0.135. The second kappa shape index (κ2) is 5.70. The summed E-state index contributed by atoms with van der Waals surface area (Å²) >= 11 is 7.69. The Bertz CT molecular complexity index is 358. The Morgan fingerprint density at radius 2 is 2.06 bits per heavy atom. The van der Waals surface area contributed by atoms with Gasteiger partial charge in [0.2, 0.25) is 0 Å². The van der Waals surface area contributed by atoms with Gasteiger partial charge in [0.1, 0.15) is 0 Å². The third kappa shape index (κ3) is 3.02. The van der Waals surface area contributed by atoms with E-state index in [-0.39, 0.29) is 6.04 Å². The minimum Gasteiger partial charge on any atom is -0.326 e. The van der Waals surface area contributed by atoms with Gasteiger partial charge in [-0.1, -0.05) is 24.4 Å². The zero-order valence-corrected chi connectivity index (χ0v) is 12.1. The zero-order valence-electron chi connectivity index (χ0n) is 10.5. The Morgan fingerprint density at radius 1 is 1.41 bits per heavy atom. The molecule has 1 aliphatic rings. The minimum absolute atomic E-state index is 0.135. The van der Waals surface area contributed by atoms with E-state index in [4.69, 9.17) is 17.3 Å². The highest BCUT2D eigenvalue weighted by Crippen LogP contribution is 2.35. The highest BCUT2D eigenvalue weighted by Gasteiger charge is 2.29. The molecule has 0 saturated heterocycles. The van der Waals surface area contributed by atoms with E-state index in [1.54, 1.807) is 11.3 Å². The molecular formula is C13H21ClN2S. The van der Waals surface area contributed by atoms with Crippen molar-refractivity contribution in [3.8, 4) is 0 Å². The van der Waals surface area contributed by atoms with E-state index in [0.29, 0.717) is 12.1 Å². The van der Waals surface area contributed by atoms with Crippen LogP contribution in [0.1, 0.15) is 43.5 Å². The molecule has 1 saturated carbocycles. The molecule has 4 heteroatoms. The molecule has 0 bridgehead atoms. The Kier molecular flexibility index (Phi) is 4.47. The number of nitrogens with two attached hydrogens (primary N) is 1. The predicted octanol–water partition coefficient (Wildman–Crippen LogP) is 3.66. The lowest BCUT2D eigenvalue weighted by Crippen LogP contribution is -2.41. The first-order chi connectivity index (χ1) is 8.09. The summed E-state index contributed by atoms with van der Waals surface area (Å²) in [7, 11) is 2.21. The van der Waals surface area contributed by atoms with Gasteiger partial charge in [0.25, 0.3) is 0 Å². The largest absolute Gasteiger partial charge is 0.326 e.